The molecule has 1 aliphatic rings. The van der Waals surface area contributed by atoms with Gasteiger partial charge in [0.15, 0.2) is 0 Å². The smallest absolute Gasteiger partial charge is 0.256 e. The summed E-state index contributed by atoms with van der Waals surface area (Å²) in [7, 11) is -1.61. The molecule has 1 fully saturated rings. The molecule has 3 N–H and O–H groups in total. The molecule has 0 atom stereocenters. The molecule has 27 heavy (non-hydrogen) atoms. The molecule has 0 radical (unpaired) electrons. The lowest BCUT2D eigenvalue weighted by atomic mass is 9.93. The van der Waals surface area contributed by atoms with Gasteiger partial charge >= 0.3 is 0 Å². The monoisotopic (exact) mass is 396 g/mol. The number of rotatable bonds is 7. The van der Waals surface area contributed by atoms with Crippen LogP contribution in [0.1, 0.15) is 36.5 Å². The van der Waals surface area contributed by atoms with E-state index in [0.29, 0.717) is 24.7 Å². The number of anilines is 2. The zero-order valence-electron chi connectivity index (χ0n) is 16.0. The lowest BCUT2D eigenvalue weighted by Crippen LogP contribution is -2.39. The van der Waals surface area contributed by atoms with Crippen LogP contribution in [0.3, 0.4) is 0 Å². The lowest BCUT2D eigenvalue weighted by molar-refractivity contribution is -0.114. The molecule has 1 aromatic carbocycles. The Bertz CT molecular complexity index is 787. The largest absolute Gasteiger partial charge is 0.339 e. The number of hydrogen-bond acceptors (Lipinski definition) is 5. The van der Waals surface area contributed by atoms with Crippen LogP contribution in [0, 0.1) is 5.92 Å². The summed E-state index contributed by atoms with van der Waals surface area (Å²) in [5, 5.41) is 5.78. The second-order valence-electron chi connectivity index (χ2n) is 6.94. The minimum atomic E-state index is -3.53. The highest BCUT2D eigenvalue weighted by Crippen LogP contribution is 2.26. The average molecular weight is 397 g/mol. The molecule has 0 saturated carbocycles. The first-order valence-electron chi connectivity index (χ1n) is 9.03. The van der Waals surface area contributed by atoms with E-state index in [9.17, 15) is 18.0 Å². The van der Waals surface area contributed by atoms with Crippen molar-refractivity contribution in [3.05, 3.63) is 23.8 Å². The molecule has 1 saturated heterocycles. The van der Waals surface area contributed by atoms with E-state index in [2.05, 4.69) is 15.4 Å². The van der Waals surface area contributed by atoms with Crippen LogP contribution in [0.2, 0.25) is 0 Å². The van der Waals surface area contributed by atoms with Gasteiger partial charge in [-0.2, -0.15) is 0 Å². The van der Waals surface area contributed by atoms with Crippen LogP contribution in [-0.2, 0) is 14.8 Å². The summed E-state index contributed by atoms with van der Waals surface area (Å²) in [4.78, 5) is 26.1. The second-order valence-corrected chi connectivity index (χ2v) is 8.69. The predicted octanol–water partition coefficient (Wildman–Crippen LogP) is 1.48. The zero-order chi connectivity index (χ0) is 20.0. The summed E-state index contributed by atoms with van der Waals surface area (Å²) >= 11 is 0. The van der Waals surface area contributed by atoms with E-state index in [0.717, 1.165) is 32.1 Å². The molecule has 0 aromatic heterocycles. The number of carbonyl (C=O) groups excluding carboxylic acids is 2. The van der Waals surface area contributed by atoms with Gasteiger partial charge in [-0.05, 0) is 57.0 Å². The number of nitrogens with one attached hydrogen (secondary N) is 3. The third-order valence-electron chi connectivity index (χ3n) is 4.57. The normalized spacial score (nSPS) is 15.4. The highest BCUT2D eigenvalue weighted by Gasteiger charge is 2.26. The van der Waals surface area contributed by atoms with Crippen molar-refractivity contribution in [3.63, 3.8) is 0 Å². The lowest BCUT2D eigenvalue weighted by Gasteiger charge is -2.32. The molecular formula is C18H28N4O4S. The molecule has 0 unspecified atom stereocenters. The summed E-state index contributed by atoms with van der Waals surface area (Å²) in [5.74, 6) is 0.0869. The Morgan fingerprint density at radius 1 is 1.22 bits per heavy atom. The van der Waals surface area contributed by atoms with Gasteiger partial charge in [0.05, 0.1) is 17.5 Å². The number of nitrogens with zero attached hydrogens (tertiary/aromatic N) is 1. The summed E-state index contributed by atoms with van der Waals surface area (Å²) in [6.07, 6.45) is 3.97. The standard InChI is InChI=1S/C18H28N4O4S/c1-13(23)20-15-4-5-17(21-27(3,25)26)16(12-15)18(24)22-10-7-14(8-11-22)6-9-19-2/h4-5,12,14,19,21H,6-11H2,1-3H3,(H,20,23). The van der Waals surface area contributed by atoms with Gasteiger partial charge in [0, 0.05) is 25.7 Å². The quantitative estimate of drug-likeness (QED) is 0.647. The molecule has 9 heteroatoms. The fraction of sp³-hybridized carbons (Fsp3) is 0.556. The van der Waals surface area contributed by atoms with Crippen molar-refractivity contribution in [1.82, 2.24) is 10.2 Å². The van der Waals surface area contributed by atoms with E-state index in [4.69, 9.17) is 0 Å². The molecule has 0 bridgehead atoms. The summed E-state index contributed by atoms with van der Waals surface area (Å²) < 4.78 is 25.7. The molecule has 150 valence electrons. The highest BCUT2D eigenvalue weighted by molar-refractivity contribution is 7.92. The first-order valence-corrected chi connectivity index (χ1v) is 10.9. The van der Waals surface area contributed by atoms with Gasteiger partial charge in [-0.15, -0.1) is 0 Å². The van der Waals surface area contributed by atoms with Crippen LogP contribution in [0.4, 0.5) is 11.4 Å². The summed E-state index contributed by atoms with van der Waals surface area (Å²) in [6.45, 7) is 3.60. The number of amides is 2. The minimum absolute atomic E-state index is 0.217. The maximum absolute atomic E-state index is 13.0. The third-order valence-corrected chi connectivity index (χ3v) is 5.16. The molecule has 1 heterocycles. The van der Waals surface area contributed by atoms with E-state index in [1.165, 1.54) is 19.1 Å². The molecule has 1 aromatic rings. The topological polar surface area (TPSA) is 108 Å². The second kappa shape index (κ2) is 9.18. The Morgan fingerprint density at radius 3 is 2.44 bits per heavy atom. The Kier molecular flexibility index (Phi) is 7.20. The number of carbonyl (C=O) groups is 2. The Hall–Kier alpha value is -2.13. The Morgan fingerprint density at radius 2 is 1.89 bits per heavy atom. The number of sulfonamides is 1. The SMILES string of the molecule is CNCCC1CCN(C(=O)c2cc(NC(C)=O)ccc2NS(C)(=O)=O)CC1. The minimum Gasteiger partial charge on any atom is -0.339 e. The first kappa shape index (κ1) is 21.2. The van der Waals surface area contributed by atoms with Crippen LogP contribution in [0.15, 0.2) is 18.2 Å². The van der Waals surface area contributed by atoms with Crippen molar-refractivity contribution in [2.24, 2.45) is 5.92 Å². The molecule has 0 spiro atoms. The molecule has 1 aliphatic heterocycles. The third kappa shape index (κ3) is 6.51. The first-order chi connectivity index (χ1) is 12.7. The fourth-order valence-corrected chi connectivity index (χ4v) is 3.81. The van der Waals surface area contributed by atoms with Gasteiger partial charge in [0.25, 0.3) is 5.91 Å². The van der Waals surface area contributed by atoms with Gasteiger partial charge in [-0.25, -0.2) is 8.42 Å². The van der Waals surface area contributed by atoms with Crippen molar-refractivity contribution in [1.29, 1.82) is 0 Å². The number of likely N-dealkylation sites (tertiary alicyclic amines) is 1. The van der Waals surface area contributed by atoms with Crippen LogP contribution < -0.4 is 15.4 Å². The molecular weight excluding hydrogens is 368 g/mol. The van der Waals surface area contributed by atoms with Gasteiger partial charge in [-0.3, -0.25) is 14.3 Å². The number of benzene rings is 1. The zero-order valence-corrected chi connectivity index (χ0v) is 16.9. The Labute approximate surface area is 160 Å². The van der Waals surface area contributed by atoms with Gasteiger partial charge in [0.1, 0.15) is 0 Å². The van der Waals surface area contributed by atoms with E-state index in [1.54, 1.807) is 11.0 Å². The van der Waals surface area contributed by atoms with Crippen LogP contribution in [0.5, 0.6) is 0 Å². The molecule has 2 rings (SSSR count). The van der Waals surface area contributed by atoms with Gasteiger partial charge in [0.2, 0.25) is 15.9 Å². The van der Waals surface area contributed by atoms with Crippen molar-refractivity contribution in [2.45, 2.75) is 26.2 Å². The van der Waals surface area contributed by atoms with Crippen molar-refractivity contribution < 1.29 is 18.0 Å². The van der Waals surface area contributed by atoms with Crippen molar-refractivity contribution >= 4 is 33.2 Å². The van der Waals surface area contributed by atoms with Crippen LogP contribution in [-0.4, -0.2) is 58.1 Å². The number of piperidine rings is 1. The molecule has 8 nitrogen and oxygen atoms in total. The van der Waals surface area contributed by atoms with Gasteiger partial charge < -0.3 is 15.5 Å². The maximum Gasteiger partial charge on any atom is 0.256 e. The van der Waals surface area contributed by atoms with Crippen molar-refractivity contribution in [2.75, 3.05) is 43.0 Å². The average Bonchev–Trinajstić information content (AvgIpc) is 2.59. The van der Waals surface area contributed by atoms with Gasteiger partial charge in [-0.1, -0.05) is 0 Å². The van der Waals surface area contributed by atoms with E-state index in [-0.39, 0.29) is 23.1 Å². The number of hydrogen-bond donors (Lipinski definition) is 3. The van der Waals surface area contributed by atoms with E-state index >= 15 is 0 Å². The Balaban J connectivity index is 2.20. The molecule has 0 aliphatic carbocycles. The fourth-order valence-electron chi connectivity index (χ4n) is 3.23. The molecule has 2 amide bonds. The van der Waals surface area contributed by atoms with Crippen LogP contribution >= 0.6 is 0 Å². The van der Waals surface area contributed by atoms with E-state index in [1.807, 2.05) is 7.05 Å². The maximum atomic E-state index is 13.0. The summed E-state index contributed by atoms with van der Waals surface area (Å²) in [6, 6.07) is 4.58. The summed E-state index contributed by atoms with van der Waals surface area (Å²) in [5.41, 5.74) is 0.906. The predicted molar refractivity (Wildman–Crippen MR) is 106 cm³/mol. The van der Waals surface area contributed by atoms with E-state index < -0.39 is 10.0 Å². The van der Waals surface area contributed by atoms with Crippen molar-refractivity contribution in [3.8, 4) is 0 Å². The van der Waals surface area contributed by atoms with Crippen LogP contribution in [0.25, 0.3) is 0 Å². The highest BCUT2D eigenvalue weighted by atomic mass is 32.2.